The Labute approximate surface area is 121 Å². The molecule has 1 aliphatic heterocycles. The van der Waals surface area contributed by atoms with E-state index in [-0.39, 0.29) is 11.8 Å². The summed E-state index contributed by atoms with van der Waals surface area (Å²) in [5.74, 6) is -0.761. The van der Waals surface area contributed by atoms with Crippen molar-refractivity contribution in [3.8, 4) is 0 Å². The lowest BCUT2D eigenvalue weighted by atomic mass is 10.2. The molecule has 102 valence electrons. The van der Waals surface area contributed by atoms with Crippen LogP contribution in [0.3, 0.4) is 0 Å². The normalized spacial score (nSPS) is 16.1. The standard InChI is InChI=1S/C14H17BrN2O2/c1-2-6-16-7-8-17(14(19)13(16)18)10-11-4-3-5-12(15)9-11/h3-5,9H,2,6-8,10H2,1H3. The summed E-state index contributed by atoms with van der Waals surface area (Å²) in [7, 11) is 0. The van der Waals surface area contributed by atoms with Crippen molar-refractivity contribution in [1.29, 1.82) is 0 Å². The van der Waals surface area contributed by atoms with Crippen LogP contribution < -0.4 is 0 Å². The van der Waals surface area contributed by atoms with E-state index in [1.54, 1.807) is 9.80 Å². The smallest absolute Gasteiger partial charge is 0.312 e. The Morgan fingerprint density at radius 2 is 1.84 bits per heavy atom. The van der Waals surface area contributed by atoms with E-state index < -0.39 is 0 Å². The van der Waals surface area contributed by atoms with E-state index in [0.29, 0.717) is 26.2 Å². The van der Waals surface area contributed by atoms with Gasteiger partial charge in [-0.15, -0.1) is 0 Å². The molecular weight excluding hydrogens is 308 g/mol. The molecule has 0 unspecified atom stereocenters. The fraction of sp³-hybridized carbons (Fsp3) is 0.429. The van der Waals surface area contributed by atoms with Crippen LogP contribution in [0.5, 0.6) is 0 Å². The lowest BCUT2D eigenvalue weighted by Gasteiger charge is -2.33. The number of carbonyl (C=O) groups excluding carboxylic acids is 2. The van der Waals surface area contributed by atoms with Crippen LogP contribution in [-0.4, -0.2) is 41.2 Å². The molecule has 1 aromatic rings. The zero-order chi connectivity index (χ0) is 13.8. The summed E-state index contributed by atoms with van der Waals surface area (Å²) in [4.78, 5) is 27.2. The van der Waals surface area contributed by atoms with Gasteiger partial charge in [0, 0.05) is 30.7 Å². The third kappa shape index (κ3) is 3.35. The number of piperazine rings is 1. The molecule has 2 amide bonds. The van der Waals surface area contributed by atoms with E-state index in [9.17, 15) is 9.59 Å². The quantitative estimate of drug-likeness (QED) is 0.795. The highest BCUT2D eigenvalue weighted by Crippen LogP contribution is 2.15. The maximum atomic E-state index is 12.0. The summed E-state index contributed by atoms with van der Waals surface area (Å²) in [5, 5.41) is 0. The van der Waals surface area contributed by atoms with Crippen LogP contribution in [0.1, 0.15) is 18.9 Å². The summed E-state index contributed by atoms with van der Waals surface area (Å²) in [6.07, 6.45) is 0.880. The van der Waals surface area contributed by atoms with E-state index in [1.807, 2.05) is 31.2 Å². The minimum absolute atomic E-state index is 0.372. The summed E-state index contributed by atoms with van der Waals surface area (Å²) < 4.78 is 0.980. The molecule has 1 fully saturated rings. The molecule has 0 saturated carbocycles. The summed E-state index contributed by atoms with van der Waals surface area (Å²) >= 11 is 3.41. The molecule has 0 atom stereocenters. The Morgan fingerprint density at radius 3 is 2.53 bits per heavy atom. The summed E-state index contributed by atoms with van der Waals surface area (Å²) in [6.45, 7) is 4.40. The van der Waals surface area contributed by atoms with Crippen molar-refractivity contribution in [2.75, 3.05) is 19.6 Å². The molecule has 0 aromatic heterocycles. The molecule has 0 aliphatic carbocycles. The highest BCUT2D eigenvalue weighted by atomic mass is 79.9. The molecule has 1 aliphatic rings. The van der Waals surface area contributed by atoms with Crippen molar-refractivity contribution < 1.29 is 9.59 Å². The number of hydrogen-bond acceptors (Lipinski definition) is 2. The van der Waals surface area contributed by atoms with E-state index in [0.717, 1.165) is 16.5 Å². The molecule has 0 N–H and O–H groups in total. The molecule has 1 aromatic carbocycles. The van der Waals surface area contributed by atoms with Crippen LogP contribution in [0.4, 0.5) is 0 Å². The van der Waals surface area contributed by atoms with Gasteiger partial charge < -0.3 is 9.80 Å². The van der Waals surface area contributed by atoms with Crippen molar-refractivity contribution >= 4 is 27.7 Å². The fourth-order valence-corrected chi connectivity index (χ4v) is 2.65. The Kier molecular flexibility index (Phi) is 4.58. The number of rotatable bonds is 4. The second kappa shape index (κ2) is 6.19. The minimum atomic E-state index is -0.389. The molecule has 2 rings (SSSR count). The van der Waals surface area contributed by atoms with Gasteiger partial charge in [0.15, 0.2) is 0 Å². The third-order valence-corrected chi connectivity index (χ3v) is 3.65. The lowest BCUT2D eigenvalue weighted by Crippen LogP contribution is -2.53. The van der Waals surface area contributed by atoms with Crippen molar-refractivity contribution in [3.63, 3.8) is 0 Å². The average molecular weight is 325 g/mol. The zero-order valence-electron chi connectivity index (χ0n) is 10.9. The molecular formula is C14H17BrN2O2. The van der Waals surface area contributed by atoms with Gasteiger partial charge in [0.05, 0.1) is 0 Å². The second-order valence-electron chi connectivity index (χ2n) is 4.65. The minimum Gasteiger partial charge on any atom is -0.333 e. The predicted octanol–water partition coefficient (Wildman–Crippen LogP) is 2.03. The van der Waals surface area contributed by atoms with Crippen LogP contribution in [0, 0.1) is 0 Å². The molecule has 5 heteroatoms. The SMILES string of the molecule is CCCN1CCN(Cc2cccc(Br)c2)C(=O)C1=O. The number of hydrogen-bond donors (Lipinski definition) is 0. The van der Waals surface area contributed by atoms with Gasteiger partial charge in [-0.3, -0.25) is 9.59 Å². The van der Waals surface area contributed by atoms with Gasteiger partial charge in [0.1, 0.15) is 0 Å². The number of halogens is 1. The number of nitrogens with zero attached hydrogens (tertiary/aromatic N) is 2. The highest BCUT2D eigenvalue weighted by molar-refractivity contribution is 9.10. The Morgan fingerprint density at radius 1 is 1.16 bits per heavy atom. The Bertz CT molecular complexity index is 490. The van der Waals surface area contributed by atoms with Gasteiger partial charge in [-0.25, -0.2) is 0 Å². The van der Waals surface area contributed by atoms with Gasteiger partial charge in [0.2, 0.25) is 0 Å². The first-order valence-corrected chi connectivity index (χ1v) is 7.23. The second-order valence-corrected chi connectivity index (χ2v) is 5.56. The number of amides is 2. The fourth-order valence-electron chi connectivity index (χ4n) is 2.20. The maximum absolute atomic E-state index is 12.0. The first-order valence-electron chi connectivity index (χ1n) is 6.44. The maximum Gasteiger partial charge on any atom is 0.312 e. The largest absolute Gasteiger partial charge is 0.333 e. The van der Waals surface area contributed by atoms with Gasteiger partial charge in [-0.05, 0) is 24.1 Å². The van der Waals surface area contributed by atoms with Crippen molar-refractivity contribution in [2.24, 2.45) is 0 Å². The molecule has 0 spiro atoms. The van der Waals surface area contributed by atoms with Crippen molar-refractivity contribution in [2.45, 2.75) is 19.9 Å². The van der Waals surface area contributed by atoms with E-state index >= 15 is 0 Å². The van der Waals surface area contributed by atoms with E-state index in [2.05, 4.69) is 15.9 Å². The van der Waals surface area contributed by atoms with Crippen LogP contribution in [0.25, 0.3) is 0 Å². The van der Waals surface area contributed by atoms with E-state index in [4.69, 9.17) is 0 Å². The zero-order valence-corrected chi connectivity index (χ0v) is 12.5. The van der Waals surface area contributed by atoms with Crippen LogP contribution in [0.2, 0.25) is 0 Å². The Hall–Kier alpha value is -1.36. The number of benzene rings is 1. The molecule has 19 heavy (non-hydrogen) atoms. The van der Waals surface area contributed by atoms with Crippen LogP contribution >= 0.6 is 15.9 Å². The van der Waals surface area contributed by atoms with Gasteiger partial charge in [0.25, 0.3) is 0 Å². The number of carbonyl (C=O) groups is 2. The van der Waals surface area contributed by atoms with Gasteiger partial charge in [-0.1, -0.05) is 35.0 Å². The lowest BCUT2D eigenvalue weighted by molar-refractivity contribution is -0.156. The molecule has 4 nitrogen and oxygen atoms in total. The van der Waals surface area contributed by atoms with E-state index in [1.165, 1.54) is 0 Å². The Balaban J connectivity index is 2.03. The summed E-state index contributed by atoms with van der Waals surface area (Å²) in [6, 6.07) is 7.80. The van der Waals surface area contributed by atoms with Crippen LogP contribution in [-0.2, 0) is 16.1 Å². The predicted molar refractivity (Wildman–Crippen MR) is 76.4 cm³/mol. The molecule has 1 heterocycles. The first kappa shape index (κ1) is 14.1. The van der Waals surface area contributed by atoms with Gasteiger partial charge >= 0.3 is 11.8 Å². The molecule has 0 radical (unpaired) electrons. The summed E-state index contributed by atoms with van der Waals surface area (Å²) in [5.41, 5.74) is 1.03. The van der Waals surface area contributed by atoms with Crippen molar-refractivity contribution in [1.82, 2.24) is 9.80 Å². The van der Waals surface area contributed by atoms with Gasteiger partial charge in [-0.2, -0.15) is 0 Å². The average Bonchev–Trinajstić information content (AvgIpc) is 2.39. The van der Waals surface area contributed by atoms with Crippen LogP contribution in [0.15, 0.2) is 28.7 Å². The third-order valence-electron chi connectivity index (χ3n) is 3.15. The molecule has 0 bridgehead atoms. The monoisotopic (exact) mass is 324 g/mol. The highest BCUT2D eigenvalue weighted by Gasteiger charge is 2.31. The van der Waals surface area contributed by atoms with Crippen molar-refractivity contribution in [3.05, 3.63) is 34.3 Å². The first-order chi connectivity index (χ1) is 9.11. The topological polar surface area (TPSA) is 40.6 Å². The molecule has 1 saturated heterocycles.